The van der Waals surface area contributed by atoms with Crippen molar-refractivity contribution in [2.45, 2.75) is 19.8 Å². The molecule has 0 atom stereocenters. The highest BCUT2D eigenvalue weighted by molar-refractivity contribution is 6.31. The zero-order valence-corrected chi connectivity index (χ0v) is 13.1. The standard InChI is InChI=1S/C12H13ClN4O4.ClH/c1-2-3-6-9(13)10(20)8(11-15-5-16-17(6)11)12(21)14-4-7(18)19;/h5H,2-4H2,1H3,(H,14,21)(H,15,16)(H,18,19);1H. The molecule has 0 saturated carbocycles. The fraction of sp³-hybridized carbons (Fsp3) is 0.333. The van der Waals surface area contributed by atoms with Gasteiger partial charge in [0, 0.05) is 0 Å². The van der Waals surface area contributed by atoms with E-state index in [4.69, 9.17) is 16.7 Å². The molecule has 0 aliphatic heterocycles. The number of nitrogens with one attached hydrogen (secondary N) is 2. The minimum absolute atomic E-state index is 0. The monoisotopic (exact) mass is 348 g/mol. The number of H-pyrrole nitrogens is 1. The predicted octanol–water partition coefficient (Wildman–Crippen LogP) is 0.865. The first-order chi connectivity index (χ1) is 9.97. The minimum Gasteiger partial charge on any atom is -0.480 e. The highest BCUT2D eigenvalue weighted by atomic mass is 35.5. The molecule has 0 bridgehead atoms. The first-order valence-electron chi connectivity index (χ1n) is 6.23. The van der Waals surface area contributed by atoms with E-state index in [0.29, 0.717) is 12.1 Å². The number of carboxylic acid groups (broad SMARTS) is 1. The van der Waals surface area contributed by atoms with Gasteiger partial charge in [0.1, 0.15) is 23.5 Å². The number of aryl methyl sites for hydroxylation is 1. The Kier molecular flexibility index (Phi) is 5.95. The van der Waals surface area contributed by atoms with Gasteiger partial charge in [-0.05, 0) is 6.42 Å². The number of hydrogen-bond acceptors (Lipinski definition) is 4. The van der Waals surface area contributed by atoms with Gasteiger partial charge in [-0.2, -0.15) is 0 Å². The SMILES string of the molecule is CCCc1c(Cl)c(=O)c(C(=O)NCC(=O)O)c2nc[nH]n12.Cl. The molecule has 2 rings (SSSR count). The Morgan fingerprint density at radius 3 is 2.77 bits per heavy atom. The lowest BCUT2D eigenvalue weighted by atomic mass is 10.1. The first-order valence-corrected chi connectivity index (χ1v) is 6.61. The summed E-state index contributed by atoms with van der Waals surface area (Å²) in [6.45, 7) is 1.33. The van der Waals surface area contributed by atoms with Crippen molar-refractivity contribution < 1.29 is 14.7 Å². The number of carbonyl (C=O) groups excluding carboxylic acids is 1. The largest absolute Gasteiger partial charge is 0.480 e. The third-order valence-electron chi connectivity index (χ3n) is 2.87. The molecule has 22 heavy (non-hydrogen) atoms. The summed E-state index contributed by atoms with van der Waals surface area (Å²) in [5, 5.41) is 13.4. The lowest BCUT2D eigenvalue weighted by Crippen LogP contribution is -2.34. The van der Waals surface area contributed by atoms with Crippen molar-refractivity contribution in [2.75, 3.05) is 6.54 Å². The average molecular weight is 349 g/mol. The highest BCUT2D eigenvalue weighted by Gasteiger charge is 2.23. The van der Waals surface area contributed by atoms with Crippen LogP contribution in [0.4, 0.5) is 0 Å². The second-order valence-corrected chi connectivity index (χ2v) is 4.72. The van der Waals surface area contributed by atoms with Crippen molar-refractivity contribution in [3.8, 4) is 0 Å². The average Bonchev–Trinajstić information content (AvgIpc) is 2.90. The molecular weight excluding hydrogens is 335 g/mol. The molecule has 120 valence electrons. The van der Waals surface area contributed by atoms with Crippen molar-refractivity contribution in [3.05, 3.63) is 32.8 Å². The summed E-state index contributed by atoms with van der Waals surface area (Å²) >= 11 is 6.04. The Morgan fingerprint density at radius 2 is 2.18 bits per heavy atom. The first kappa shape index (κ1) is 18.0. The molecule has 1 amide bonds. The van der Waals surface area contributed by atoms with Crippen LogP contribution >= 0.6 is 24.0 Å². The molecule has 10 heteroatoms. The number of aromatic amines is 1. The number of pyridine rings is 1. The normalized spacial score (nSPS) is 10.3. The predicted molar refractivity (Wildman–Crippen MR) is 82.0 cm³/mol. The van der Waals surface area contributed by atoms with Crippen molar-refractivity contribution in [1.82, 2.24) is 19.9 Å². The van der Waals surface area contributed by atoms with E-state index in [1.807, 2.05) is 6.92 Å². The molecule has 2 aromatic rings. The fourth-order valence-corrected chi connectivity index (χ4v) is 2.27. The van der Waals surface area contributed by atoms with Gasteiger partial charge in [0.2, 0.25) is 5.43 Å². The highest BCUT2D eigenvalue weighted by Crippen LogP contribution is 2.17. The van der Waals surface area contributed by atoms with Crippen molar-refractivity contribution in [3.63, 3.8) is 0 Å². The molecule has 3 N–H and O–H groups in total. The van der Waals surface area contributed by atoms with Crippen LogP contribution in [0.5, 0.6) is 0 Å². The Balaban J connectivity index is 0.00000242. The number of nitrogens with zero attached hydrogens (tertiary/aromatic N) is 2. The maximum atomic E-state index is 12.3. The number of hydrogen-bond donors (Lipinski definition) is 3. The maximum Gasteiger partial charge on any atom is 0.322 e. The van der Waals surface area contributed by atoms with Crippen LogP contribution in [0.1, 0.15) is 29.4 Å². The Labute approximate surface area is 135 Å². The number of carbonyl (C=O) groups is 2. The molecule has 0 unspecified atom stereocenters. The number of aliphatic carboxylic acids is 1. The molecule has 0 fully saturated rings. The molecule has 0 aromatic carbocycles. The van der Waals surface area contributed by atoms with Crippen molar-refractivity contribution >= 4 is 41.5 Å². The lowest BCUT2D eigenvalue weighted by Gasteiger charge is -2.09. The number of fused-ring (bicyclic) bond motifs is 1. The fourth-order valence-electron chi connectivity index (χ4n) is 2.00. The Hall–Kier alpha value is -2.06. The Bertz CT molecular complexity index is 768. The number of rotatable bonds is 5. The van der Waals surface area contributed by atoms with Crippen LogP contribution in [-0.4, -0.2) is 38.1 Å². The van der Waals surface area contributed by atoms with E-state index < -0.39 is 23.9 Å². The quantitative estimate of drug-likeness (QED) is 0.740. The van der Waals surface area contributed by atoms with Gasteiger partial charge in [-0.25, -0.2) is 9.50 Å². The van der Waals surface area contributed by atoms with E-state index in [9.17, 15) is 14.4 Å². The second-order valence-electron chi connectivity index (χ2n) is 4.34. The summed E-state index contributed by atoms with van der Waals surface area (Å²) in [5.41, 5.74) is -0.278. The third-order valence-corrected chi connectivity index (χ3v) is 3.26. The zero-order valence-electron chi connectivity index (χ0n) is 11.6. The summed E-state index contributed by atoms with van der Waals surface area (Å²) in [5.74, 6) is -2.03. The lowest BCUT2D eigenvalue weighted by molar-refractivity contribution is -0.135. The minimum atomic E-state index is -1.21. The van der Waals surface area contributed by atoms with Gasteiger partial charge in [-0.3, -0.25) is 19.5 Å². The van der Waals surface area contributed by atoms with E-state index >= 15 is 0 Å². The van der Waals surface area contributed by atoms with Gasteiger partial charge < -0.3 is 10.4 Å². The van der Waals surface area contributed by atoms with Crippen LogP contribution < -0.4 is 10.7 Å². The number of aromatic nitrogens is 3. The molecule has 0 radical (unpaired) electrons. The smallest absolute Gasteiger partial charge is 0.322 e. The second kappa shape index (κ2) is 7.28. The summed E-state index contributed by atoms with van der Waals surface area (Å²) < 4.78 is 1.46. The third kappa shape index (κ3) is 3.23. The van der Waals surface area contributed by atoms with E-state index in [2.05, 4.69) is 15.4 Å². The number of carboxylic acids is 1. The molecule has 8 nitrogen and oxygen atoms in total. The molecule has 0 spiro atoms. The summed E-state index contributed by atoms with van der Waals surface area (Å²) in [7, 11) is 0. The van der Waals surface area contributed by atoms with E-state index in [-0.39, 0.29) is 28.6 Å². The molecule has 0 aliphatic rings. The molecule has 2 heterocycles. The van der Waals surface area contributed by atoms with Crippen molar-refractivity contribution in [1.29, 1.82) is 0 Å². The molecule has 0 saturated heterocycles. The van der Waals surface area contributed by atoms with Crippen LogP contribution in [0.15, 0.2) is 11.1 Å². The van der Waals surface area contributed by atoms with Crippen LogP contribution in [-0.2, 0) is 11.2 Å². The number of halogens is 2. The zero-order chi connectivity index (χ0) is 15.6. The van der Waals surface area contributed by atoms with Crippen LogP contribution in [0.25, 0.3) is 5.65 Å². The van der Waals surface area contributed by atoms with Gasteiger partial charge >= 0.3 is 5.97 Å². The van der Waals surface area contributed by atoms with Gasteiger partial charge in [0.05, 0.1) is 5.69 Å². The van der Waals surface area contributed by atoms with E-state index in [0.717, 1.165) is 6.42 Å². The van der Waals surface area contributed by atoms with E-state index in [1.165, 1.54) is 10.8 Å². The van der Waals surface area contributed by atoms with Gasteiger partial charge in [0.25, 0.3) is 5.91 Å². The van der Waals surface area contributed by atoms with E-state index in [1.54, 1.807) is 0 Å². The van der Waals surface area contributed by atoms with Crippen LogP contribution in [0, 0.1) is 0 Å². The molecule has 0 aliphatic carbocycles. The topological polar surface area (TPSA) is 117 Å². The van der Waals surface area contributed by atoms with Crippen molar-refractivity contribution in [2.24, 2.45) is 0 Å². The van der Waals surface area contributed by atoms with Crippen LogP contribution in [0.2, 0.25) is 5.02 Å². The number of amides is 1. The Morgan fingerprint density at radius 1 is 1.50 bits per heavy atom. The summed E-state index contributed by atoms with van der Waals surface area (Å²) in [6.07, 6.45) is 2.62. The van der Waals surface area contributed by atoms with Crippen LogP contribution in [0.3, 0.4) is 0 Å². The van der Waals surface area contributed by atoms with Gasteiger partial charge in [0.15, 0.2) is 5.65 Å². The van der Waals surface area contributed by atoms with Gasteiger partial charge in [-0.15, -0.1) is 12.4 Å². The maximum absolute atomic E-state index is 12.3. The molecule has 2 aromatic heterocycles. The summed E-state index contributed by atoms with van der Waals surface area (Å²) in [6, 6.07) is 0. The molecular formula is C12H14Cl2N4O4. The summed E-state index contributed by atoms with van der Waals surface area (Å²) in [4.78, 5) is 38.7. The van der Waals surface area contributed by atoms with Gasteiger partial charge in [-0.1, -0.05) is 24.9 Å².